The lowest BCUT2D eigenvalue weighted by atomic mass is 9.75. The largest absolute Gasteiger partial charge is 0.354 e. The molecule has 3 aliphatic rings. The fraction of sp³-hybridized carbons (Fsp3) is 0.464. The number of amides is 2. The van der Waals surface area contributed by atoms with E-state index in [0.29, 0.717) is 19.4 Å². The fourth-order valence-corrected chi connectivity index (χ4v) is 6.57. The maximum Gasteiger partial charge on any atom is 0.231 e. The second-order valence-electron chi connectivity index (χ2n) is 10.4. The van der Waals surface area contributed by atoms with Crippen LogP contribution in [0.1, 0.15) is 49.8 Å². The zero-order chi connectivity index (χ0) is 25.2. The Morgan fingerprint density at radius 3 is 2.67 bits per heavy atom. The molecule has 2 aromatic carbocycles. The van der Waals surface area contributed by atoms with E-state index in [1.807, 2.05) is 36.9 Å². The number of amidine groups is 1. The number of aryl methyl sites for hydroxylation is 1. The summed E-state index contributed by atoms with van der Waals surface area (Å²) in [6.45, 7) is 6.61. The molecule has 0 radical (unpaired) electrons. The number of carbonyl (C=O) groups is 2. The van der Waals surface area contributed by atoms with Crippen molar-refractivity contribution < 1.29 is 9.59 Å². The van der Waals surface area contributed by atoms with Crippen molar-refractivity contribution in [2.24, 2.45) is 16.9 Å². The summed E-state index contributed by atoms with van der Waals surface area (Å²) in [4.78, 5) is 30.9. The summed E-state index contributed by atoms with van der Waals surface area (Å²) < 4.78 is 0. The molecule has 2 fully saturated rings. The Kier molecular flexibility index (Phi) is 7.23. The molecule has 5 rings (SSSR count). The van der Waals surface area contributed by atoms with Gasteiger partial charge in [-0.05, 0) is 51.2 Å². The maximum atomic E-state index is 13.8. The van der Waals surface area contributed by atoms with Crippen LogP contribution in [-0.2, 0) is 21.9 Å². The third-order valence-corrected chi connectivity index (χ3v) is 8.32. The molecule has 0 aromatic heterocycles. The van der Waals surface area contributed by atoms with Crippen molar-refractivity contribution in [2.75, 3.05) is 0 Å². The molecule has 190 valence electrons. The maximum absolute atomic E-state index is 13.8. The number of hydrazone groups is 1. The fourth-order valence-electron chi connectivity index (χ4n) is 5.60. The predicted octanol–water partition coefficient (Wildman–Crippen LogP) is 4.04. The molecule has 1 saturated carbocycles. The molecule has 2 aromatic rings. The highest BCUT2D eigenvalue weighted by Crippen LogP contribution is 2.41. The van der Waals surface area contributed by atoms with Crippen LogP contribution in [0.15, 0.2) is 59.7 Å². The van der Waals surface area contributed by atoms with Gasteiger partial charge in [0.15, 0.2) is 11.5 Å². The van der Waals surface area contributed by atoms with Crippen LogP contribution in [0.4, 0.5) is 0 Å². The Morgan fingerprint density at radius 1 is 1.14 bits per heavy atom. The van der Waals surface area contributed by atoms with Gasteiger partial charge in [0, 0.05) is 30.3 Å². The summed E-state index contributed by atoms with van der Waals surface area (Å²) in [5, 5.41) is 8.69. The van der Waals surface area contributed by atoms with E-state index in [2.05, 4.69) is 59.0 Å². The third kappa shape index (κ3) is 5.09. The number of fused-ring (bicyclic) bond motifs is 3. The monoisotopic (exact) mass is 505 g/mol. The summed E-state index contributed by atoms with van der Waals surface area (Å²) >= 11 is 1.69. The molecule has 0 spiro atoms. The van der Waals surface area contributed by atoms with Crippen molar-refractivity contribution in [2.45, 2.75) is 70.7 Å². The smallest absolute Gasteiger partial charge is 0.231 e. The first-order chi connectivity index (χ1) is 17.4. The highest BCUT2D eigenvalue weighted by Gasteiger charge is 2.53. The van der Waals surface area contributed by atoms with Gasteiger partial charge in [0.2, 0.25) is 11.8 Å². The number of nitrogens with zero attached hydrogens (tertiary/aromatic N) is 3. The highest BCUT2D eigenvalue weighted by atomic mass is 32.2. The summed E-state index contributed by atoms with van der Waals surface area (Å²) in [6, 6.07) is 18.7. The van der Waals surface area contributed by atoms with Gasteiger partial charge < -0.3 is 10.2 Å². The Balaban J connectivity index is 1.40. The van der Waals surface area contributed by atoms with E-state index >= 15 is 0 Å². The molecule has 7 nitrogen and oxygen atoms in total. The molecule has 1 aliphatic carbocycles. The van der Waals surface area contributed by atoms with Gasteiger partial charge in [0.25, 0.3) is 0 Å². The molecule has 2 N–H and O–H groups in total. The van der Waals surface area contributed by atoms with Gasteiger partial charge in [-0.25, -0.2) is 0 Å². The third-order valence-electron chi connectivity index (χ3n) is 7.28. The van der Waals surface area contributed by atoms with Crippen molar-refractivity contribution in [1.29, 1.82) is 0 Å². The average Bonchev–Trinajstić information content (AvgIpc) is 3.29. The van der Waals surface area contributed by atoms with Crippen LogP contribution in [-0.4, -0.2) is 45.2 Å². The first-order valence-electron chi connectivity index (χ1n) is 12.9. The lowest BCUT2D eigenvalue weighted by molar-refractivity contribution is -0.159. The van der Waals surface area contributed by atoms with Crippen LogP contribution < -0.4 is 10.7 Å². The normalized spacial score (nSPS) is 25.2. The zero-order valence-electron chi connectivity index (χ0n) is 21.2. The SMILES string of the molecule is Cc1cccc(CSC2=NNC3N(Cc4ccccc4)C(=O)C4CCC(C(=O)NC(C)C)CC4N23)c1. The van der Waals surface area contributed by atoms with Crippen LogP contribution in [0.3, 0.4) is 0 Å². The standard InChI is InChI=1S/C28H35N5O2S/c1-18(2)29-25(34)22-12-13-23-24(15-22)33-27(32(26(23)35)16-20-9-5-4-6-10-20)30-31-28(33)36-17-21-11-7-8-19(3)14-21/h4-11,14,18,22-24,27,30H,12-13,15-17H2,1-3H3,(H,29,34). The van der Waals surface area contributed by atoms with Crippen LogP contribution in [0.5, 0.6) is 0 Å². The van der Waals surface area contributed by atoms with Gasteiger partial charge >= 0.3 is 0 Å². The highest BCUT2D eigenvalue weighted by molar-refractivity contribution is 8.13. The molecular weight excluding hydrogens is 470 g/mol. The first-order valence-corrected chi connectivity index (χ1v) is 13.8. The van der Waals surface area contributed by atoms with Crippen molar-refractivity contribution >= 4 is 28.7 Å². The van der Waals surface area contributed by atoms with Gasteiger partial charge in [-0.1, -0.05) is 71.9 Å². The van der Waals surface area contributed by atoms with E-state index in [0.717, 1.165) is 22.9 Å². The van der Waals surface area contributed by atoms with Gasteiger partial charge in [-0.15, -0.1) is 0 Å². The molecular formula is C28H35N5O2S. The zero-order valence-corrected chi connectivity index (χ0v) is 22.0. The molecule has 2 heterocycles. The molecule has 2 amide bonds. The Hall–Kier alpha value is -3.00. The topological polar surface area (TPSA) is 77.0 Å². The Labute approximate surface area is 217 Å². The van der Waals surface area contributed by atoms with Crippen molar-refractivity contribution in [3.05, 3.63) is 71.3 Å². The van der Waals surface area contributed by atoms with Gasteiger partial charge in [0.05, 0.1) is 5.92 Å². The van der Waals surface area contributed by atoms with E-state index in [1.54, 1.807) is 11.8 Å². The number of benzene rings is 2. The van der Waals surface area contributed by atoms with E-state index in [9.17, 15) is 9.59 Å². The number of thioether (sulfide) groups is 1. The quantitative estimate of drug-likeness (QED) is 0.620. The van der Waals surface area contributed by atoms with Crippen LogP contribution in [0.25, 0.3) is 0 Å². The Bertz CT molecular complexity index is 1140. The molecule has 1 saturated heterocycles. The Morgan fingerprint density at radius 2 is 1.92 bits per heavy atom. The summed E-state index contributed by atoms with van der Waals surface area (Å²) in [6.07, 6.45) is 1.77. The van der Waals surface area contributed by atoms with E-state index < -0.39 is 0 Å². The van der Waals surface area contributed by atoms with E-state index in [4.69, 9.17) is 5.10 Å². The number of carbonyl (C=O) groups excluding carboxylic acids is 2. The lowest BCUT2D eigenvalue weighted by Crippen LogP contribution is -2.67. The predicted molar refractivity (Wildman–Crippen MR) is 144 cm³/mol. The summed E-state index contributed by atoms with van der Waals surface area (Å²) in [7, 11) is 0. The minimum atomic E-state index is -0.342. The molecule has 36 heavy (non-hydrogen) atoms. The second kappa shape index (κ2) is 10.5. The van der Waals surface area contributed by atoms with Crippen molar-refractivity contribution in [1.82, 2.24) is 20.5 Å². The van der Waals surface area contributed by atoms with E-state index in [1.165, 1.54) is 11.1 Å². The molecule has 4 unspecified atom stereocenters. The minimum absolute atomic E-state index is 0.0510. The lowest BCUT2D eigenvalue weighted by Gasteiger charge is -2.51. The van der Waals surface area contributed by atoms with Gasteiger partial charge in [-0.3, -0.25) is 19.9 Å². The summed E-state index contributed by atoms with van der Waals surface area (Å²) in [5.41, 5.74) is 6.84. The number of rotatable bonds is 6. The second-order valence-corrected chi connectivity index (χ2v) is 11.3. The number of hydrogen-bond acceptors (Lipinski definition) is 6. The van der Waals surface area contributed by atoms with Gasteiger partial charge in [0.1, 0.15) is 0 Å². The van der Waals surface area contributed by atoms with Crippen LogP contribution in [0.2, 0.25) is 0 Å². The molecule has 4 atom stereocenters. The van der Waals surface area contributed by atoms with Gasteiger partial charge in [-0.2, -0.15) is 5.10 Å². The number of nitrogens with one attached hydrogen (secondary N) is 2. The molecule has 0 bridgehead atoms. The van der Waals surface area contributed by atoms with E-state index in [-0.39, 0.29) is 42.0 Å². The first kappa shape index (κ1) is 24.7. The van der Waals surface area contributed by atoms with Crippen molar-refractivity contribution in [3.8, 4) is 0 Å². The van der Waals surface area contributed by atoms with Crippen LogP contribution >= 0.6 is 11.8 Å². The van der Waals surface area contributed by atoms with Crippen LogP contribution in [0, 0.1) is 18.8 Å². The molecule has 8 heteroatoms. The number of hydrogen-bond donors (Lipinski definition) is 2. The van der Waals surface area contributed by atoms with Crippen molar-refractivity contribution in [3.63, 3.8) is 0 Å². The summed E-state index contributed by atoms with van der Waals surface area (Å²) in [5.74, 6) is 0.814. The molecule has 2 aliphatic heterocycles. The minimum Gasteiger partial charge on any atom is -0.354 e. The average molecular weight is 506 g/mol.